The molecule has 2 amide bonds. The molecule has 1 aliphatic carbocycles. The largest absolute Gasteiger partial charge is 0.480 e. The summed E-state index contributed by atoms with van der Waals surface area (Å²) in [6, 6.07) is 15.2. The molecule has 1 saturated heterocycles. The van der Waals surface area contributed by atoms with E-state index in [2.05, 4.69) is 29.6 Å². The molecule has 8 heteroatoms. The maximum absolute atomic E-state index is 12.7. The van der Waals surface area contributed by atoms with Gasteiger partial charge in [0.2, 0.25) is 5.91 Å². The molecule has 8 nitrogen and oxygen atoms in total. The summed E-state index contributed by atoms with van der Waals surface area (Å²) in [5, 5.41) is 21.8. The first-order valence-corrected chi connectivity index (χ1v) is 11.7. The van der Waals surface area contributed by atoms with Crippen molar-refractivity contribution >= 4 is 18.0 Å². The lowest BCUT2D eigenvalue weighted by molar-refractivity contribution is -0.148. The zero-order valence-corrected chi connectivity index (χ0v) is 19.1. The maximum Gasteiger partial charge on any atom is 0.407 e. The van der Waals surface area contributed by atoms with Crippen LogP contribution in [0.2, 0.25) is 0 Å². The van der Waals surface area contributed by atoms with Crippen molar-refractivity contribution in [3.05, 3.63) is 59.7 Å². The molecule has 1 unspecified atom stereocenters. The highest BCUT2D eigenvalue weighted by atomic mass is 16.5. The minimum atomic E-state index is -1.12. The van der Waals surface area contributed by atoms with Crippen LogP contribution in [0.1, 0.15) is 43.2 Å². The van der Waals surface area contributed by atoms with Crippen LogP contribution in [-0.4, -0.2) is 64.9 Å². The Kier molecular flexibility index (Phi) is 7.17. The monoisotopic (exact) mass is 466 g/mol. The molecule has 1 fully saturated rings. The highest BCUT2D eigenvalue weighted by Gasteiger charge is 2.39. The number of benzene rings is 2. The number of alkyl carbamates (subject to hydrolysis) is 1. The summed E-state index contributed by atoms with van der Waals surface area (Å²) in [5.74, 6) is -1.64. The number of hydrogen-bond acceptors (Lipinski definition) is 5. The highest BCUT2D eigenvalue weighted by molar-refractivity contribution is 5.84. The summed E-state index contributed by atoms with van der Waals surface area (Å²) in [7, 11) is 0. The standard InChI is InChI=1S/C26H30N2O6/c1-2-16(11-24(30)28-14-17(29)12-23(28)25(31)32)13-27-26(33)34-15-22-20-9-5-3-7-18(20)19-8-4-6-10-21(19)22/h3-10,16-17,22-23,29H,2,11-15H2,1H3,(H,27,33)(H,31,32)/t16?,17-,23-/m0/s1. The zero-order chi connectivity index (χ0) is 24.2. The van der Waals surface area contributed by atoms with Crippen molar-refractivity contribution in [1.82, 2.24) is 10.2 Å². The summed E-state index contributed by atoms with van der Waals surface area (Å²) >= 11 is 0. The molecule has 3 N–H and O–H groups in total. The van der Waals surface area contributed by atoms with E-state index < -0.39 is 24.2 Å². The van der Waals surface area contributed by atoms with Gasteiger partial charge in [0.25, 0.3) is 0 Å². The lowest BCUT2D eigenvalue weighted by Gasteiger charge is -2.24. The predicted molar refractivity (Wildman–Crippen MR) is 125 cm³/mol. The fourth-order valence-electron chi connectivity index (χ4n) is 4.93. The Morgan fingerprint density at radius 1 is 1.09 bits per heavy atom. The Labute approximate surface area is 198 Å². The Bertz CT molecular complexity index is 1030. The van der Waals surface area contributed by atoms with Gasteiger partial charge >= 0.3 is 12.1 Å². The van der Waals surface area contributed by atoms with Gasteiger partial charge in [0.05, 0.1) is 6.10 Å². The van der Waals surface area contributed by atoms with Crippen LogP contribution in [0, 0.1) is 5.92 Å². The van der Waals surface area contributed by atoms with Crippen LogP contribution in [0.5, 0.6) is 0 Å². The van der Waals surface area contributed by atoms with E-state index in [1.54, 1.807) is 0 Å². The fraction of sp³-hybridized carbons (Fsp3) is 0.423. The zero-order valence-electron chi connectivity index (χ0n) is 19.1. The number of nitrogens with one attached hydrogen (secondary N) is 1. The summed E-state index contributed by atoms with van der Waals surface area (Å²) in [6.45, 7) is 2.38. The van der Waals surface area contributed by atoms with E-state index in [-0.39, 0.29) is 50.3 Å². The van der Waals surface area contributed by atoms with Gasteiger partial charge in [-0.3, -0.25) is 4.79 Å². The van der Waals surface area contributed by atoms with E-state index in [0.717, 1.165) is 22.3 Å². The van der Waals surface area contributed by atoms with Crippen LogP contribution in [0.4, 0.5) is 4.79 Å². The van der Waals surface area contributed by atoms with Gasteiger partial charge in [-0.2, -0.15) is 0 Å². The number of amides is 2. The van der Waals surface area contributed by atoms with Crippen LogP contribution in [-0.2, 0) is 14.3 Å². The number of ether oxygens (including phenoxy) is 1. The number of carboxylic acid groups (broad SMARTS) is 1. The van der Waals surface area contributed by atoms with Gasteiger partial charge in [0.15, 0.2) is 0 Å². The van der Waals surface area contributed by atoms with Crippen LogP contribution in [0.3, 0.4) is 0 Å². The quantitative estimate of drug-likeness (QED) is 0.551. The van der Waals surface area contributed by atoms with Crippen molar-refractivity contribution < 1.29 is 29.3 Å². The third kappa shape index (κ3) is 4.92. The molecule has 0 radical (unpaired) electrons. The minimum absolute atomic E-state index is 0.0199. The van der Waals surface area contributed by atoms with Crippen molar-refractivity contribution in [3.63, 3.8) is 0 Å². The van der Waals surface area contributed by atoms with E-state index in [4.69, 9.17) is 4.74 Å². The molecule has 180 valence electrons. The average Bonchev–Trinajstić information content (AvgIpc) is 3.38. The Morgan fingerprint density at radius 3 is 2.29 bits per heavy atom. The van der Waals surface area contributed by atoms with E-state index >= 15 is 0 Å². The van der Waals surface area contributed by atoms with Gasteiger partial charge in [0.1, 0.15) is 12.6 Å². The number of aliphatic hydroxyl groups excluding tert-OH is 1. The normalized spacial score (nSPS) is 19.9. The molecular formula is C26H30N2O6. The number of carbonyl (C=O) groups excluding carboxylic acids is 2. The van der Waals surface area contributed by atoms with Crippen molar-refractivity contribution in [3.8, 4) is 11.1 Å². The SMILES string of the molecule is CCC(CNC(=O)OCC1c2ccccc2-c2ccccc21)CC(=O)N1C[C@@H](O)C[C@H]1C(=O)O. The molecule has 2 aliphatic rings. The summed E-state index contributed by atoms with van der Waals surface area (Å²) in [5.41, 5.74) is 4.58. The van der Waals surface area contributed by atoms with Gasteiger partial charge in [-0.25, -0.2) is 9.59 Å². The molecule has 0 aromatic heterocycles. The van der Waals surface area contributed by atoms with E-state index in [9.17, 15) is 24.6 Å². The van der Waals surface area contributed by atoms with Crippen LogP contribution < -0.4 is 5.32 Å². The second kappa shape index (κ2) is 10.3. The summed E-state index contributed by atoms with van der Waals surface area (Å²) in [4.78, 5) is 37.7. The lowest BCUT2D eigenvalue weighted by atomic mass is 9.98. The molecule has 2 aromatic rings. The third-order valence-corrected chi connectivity index (χ3v) is 6.80. The molecule has 0 saturated carbocycles. The maximum atomic E-state index is 12.7. The van der Waals surface area contributed by atoms with Gasteiger partial charge < -0.3 is 25.2 Å². The van der Waals surface area contributed by atoms with Crippen LogP contribution in [0.15, 0.2) is 48.5 Å². The number of carbonyl (C=O) groups is 3. The van der Waals surface area contributed by atoms with Crippen molar-refractivity contribution in [1.29, 1.82) is 0 Å². The summed E-state index contributed by atoms with van der Waals surface area (Å²) < 4.78 is 5.55. The van der Waals surface area contributed by atoms with Crippen molar-refractivity contribution in [2.45, 2.75) is 44.2 Å². The Balaban J connectivity index is 1.30. The van der Waals surface area contributed by atoms with Gasteiger partial charge in [0, 0.05) is 31.8 Å². The number of fused-ring (bicyclic) bond motifs is 3. The van der Waals surface area contributed by atoms with Gasteiger partial charge in [-0.1, -0.05) is 61.9 Å². The number of aliphatic hydroxyl groups is 1. The van der Waals surface area contributed by atoms with Crippen LogP contribution >= 0.6 is 0 Å². The van der Waals surface area contributed by atoms with Crippen molar-refractivity contribution in [2.75, 3.05) is 19.7 Å². The predicted octanol–water partition coefficient (Wildman–Crippen LogP) is 2.99. The second-order valence-electron chi connectivity index (χ2n) is 8.97. The molecule has 34 heavy (non-hydrogen) atoms. The number of nitrogens with zero attached hydrogens (tertiary/aromatic N) is 1. The fourth-order valence-corrected chi connectivity index (χ4v) is 4.93. The van der Waals surface area contributed by atoms with Crippen molar-refractivity contribution in [2.24, 2.45) is 5.92 Å². The lowest BCUT2D eigenvalue weighted by Crippen LogP contribution is -2.42. The number of hydrogen-bond donors (Lipinski definition) is 3. The molecular weight excluding hydrogens is 436 g/mol. The summed E-state index contributed by atoms with van der Waals surface area (Å²) in [6.07, 6.45) is -0.618. The highest BCUT2D eigenvalue weighted by Crippen LogP contribution is 2.44. The average molecular weight is 467 g/mol. The number of aliphatic carboxylic acids is 1. The third-order valence-electron chi connectivity index (χ3n) is 6.80. The molecule has 0 bridgehead atoms. The molecule has 3 atom stereocenters. The van der Waals surface area contributed by atoms with E-state index in [1.807, 2.05) is 31.2 Å². The number of likely N-dealkylation sites (tertiary alicyclic amines) is 1. The van der Waals surface area contributed by atoms with E-state index in [0.29, 0.717) is 6.42 Å². The number of carboxylic acids is 1. The Hall–Kier alpha value is -3.39. The second-order valence-corrected chi connectivity index (χ2v) is 8.97. The first-order chi connectivity index (χ1) is 16.4. The molecule has 4 rings (SSSR count). The Morgan fingerprint density at radius 2 is 1.71 bits per heavy atom. The molecule has 2 aromatic carbocycles. The number of rotatable bonds is 8. The van der Waals surface area contributed by atoms with Gasteiger partial charge in [-0.05, 0) is 28.2 Å². The first-order valence-electron chi connectivity index (χ1n) is 11.7. The molecule has 0 spiro atoms. The van der Waals surface area contributed by atoms with Gasteiger partial charge in [-0.15, -0.1) is 0 Å². The van der Waals surface area contributed by atoms with E-state index in [1.165, 1.54) is 4.90 Å². The number of β-amino-alcohol motifs (C(OH)–C–C–N with tert-alkyl or cyclic N) is 1. The minimum Gasteiger partial charge on any atom is -0.480 e. The van der Waals surface area contributed by atoms with Crippen LogP contribution in [0.25, 0.3) is 11.1 Å². The molecule has 1 aliphatic heterocycles. The molecule has 1 heterocycles. The smallest absolute Gasteiger partial charge is 0.407 e. The topological polar surface area (TPSA) is 116 Å². The first kappa shape index (κ1) is 23.8.